The molecule has 1 saturated heterocycles. The van der Waals surface area contributed by atoms with E-state index in [4.69, 9.17) is 9.47 Å². The smallest absolute Gasteiger partial charge is 0.254 e. The van der Waals surface area contributed by atoms with Crippen LogP contribution < -0.4 is 9.47 Å². The molecule has 1 aliphatic heterocycles. The van der Waals surface area contributed by atoms with Crippen molar-refractivity contribution in [2.45, 2.75) is 19.9 Å². The molecule has 1 amide bonds. The van der Waals surface area contributed by atoms with E-state index in [1.165, 1.54) is 0 Å². The van der Waals surface area contributed by atoms with E-state index in [9.17, 15) is 4.79 Å². The van der Waals surface area contributed by atoms with Gasteiger partial charge in [-0.05, 0) is 33.0 Å². The van der Waals surface area contributed by atoms with Crippen molar-refractivity contribution >= 4 is 12.0 Å². The molecule has 1 aromatic rings. The maximum absolute atomic E-state index is 12.9. The summed E-state index contributed by atoms with van der Waals surface area (Å²) in [6.45, 7) is 6.54. The average molecular weight is 318 g/mol. The van der Waals surface area contributed by atoms with E-state index in [0.717, 1.165) is 25.2 Å². The maximum atomic E-state index is 12.9. The quantitative estimate of drug-likeness (QED) is 0.855. The van der Waals surface area contributed by atoms with Gasteiger partial charge in [0.1, 0.15) is 0 Å². The summed E-state index contributed by atoms with van der Waals surface area (Å²) in [5, 5.41) is 0. The highest BCUT2D eigenvalue weighted by molar-refractivity contribution is 5.96. The van der Waals surface area contributed by atoms with Gasteiger partial charge in [0.15, 0.2) is 11.5 Å². The van der Waals surface area contributed by atoms with Gasteiger partial charge in [0, 0.05) is 36.8 Å². The van der Waals surface area contributed by atoms with E-state index in [-0.39, 0.29) is 11.9 Å². The van der Waals surface area contributed by atoms with Crippen LogP contribution >= 0.6 is 0 Å². The molecule has 0 spiro atoms. The van der Waals surface area contributed by atoms with Gasteiger partial charge in [-0.25, -0.2) is 0 Å². The number of carbonyl (C=O) groups excluding carboxylic acids is 1. The van der Waals surface area contributed by atoms with Gasteiger partial charge in [0.25, 0.3) is 5.91 Å². The molecule has 0 bridgehead atoms. The molecule has 0 aromatic heterocycles. The lowest BCUT2D eigenvalue weighted by Crippen LogP contribution is -2.52. The maximum Gasteiger partial charge on any atom is 0.254 e. The van der Waals surface area contributed by atoms with Gasteiger partial charge in [-0.1, -0.05) is 12.2 Å². The Hall–Kier alpha value is -2.01. The van der Waals surface area contributed by atoms with Crippen LogP contribution in [-0.4, -0.2) is 62.7 Å². The summed E-state index contributed by atoms with van der Waals surface area (Å²) in [6.07, 6.45) is 3.84. The Morgan fingerprint density at radius 1 is 1.26 bits per heavy atom. The first-order valence-electron chi connectivity index (χ1n) is 7.90. The lowest BCUT2D eigenvalue weighted by molar-refractivity contribution is 0.0533. The third-order valence-electron chi connectivity index (χ3n) is 4.19. The molecule has 23 heavy (non-hydrogen) atoms. The number of piperazine rings is 1. The third kappa shape index (κ3) is 3.67. The first kappa shape index (κ1) is 17.3. The summed E-state index contributed by atoms with van der Waals surface area (Å²) >= 11 is 0. The highest BCUT2D eigenvalue weighted by Crippen LogP contribution is 2.34. The number of rotatable bonds is 4. The van der Waals surface area contributed by atoms with Crippen molar-refractivity contribution in [2.24, 2.45) is 0 Å². The molecule has 126 valence electrons. The second kappa shape index (κ2) is 7.51. The van der Waals surface area contributed by atoms with Crippen LogP contribution in [-0.2, 0) is 0 Å². The number of carbonyl (C=O) groups is 1. The fourth-order valence-corrected chi connectivity index (χ4v) is 3.03. The normalized spacial score (nSPS) is 19.2. The van der Waals surface area contributed by atoms with Crippen molar-refractivity contribution in [1.82, 2.24) is 9.80 Å². The predicted molar refractivity (Wildman–Crippen MR) is 92.2 cm³/mol. The van der Waals surface area contributed by atoms with Gasteiger partial charge in [-0.15, -0.1) is 0 Å². The fraction of sp³-hybridized carbons (Fsp3) is 0.500. The molecule has 1 aromatic carbocycles. The van der Waals surface area contributed by atoms with E-state index in [2.05, 4.69) is 18.9 Å². The van der Waals surface area contributed by atoms with Crippen LogP contribution in [0.2, 0.25) is 0 Å². The monoisotopic (exact) mass is 318 g/mol. The number of amides is 1. The second-order valence-electron chi connectivity index (χ2n) is 5.91. The summed E-state index contributed by atoms with van der Waals surface area (Å²) in [4.78, 5) is 17.1. The van der Waals surface area contributed by atoms with Crippen LogP contribution in [0, 0.1) is 0 Å². The van der Waals surface area contributed by atoms with Crippen molar-refractivity contribution in [3.8, 4) is 11.5 Å². The largest absolute Gasteiger partial charge is 0.493 e. The molecule has 0 N–H and O–H groups in total. The number of likely N-dealkylation sites (N-methyl/N-ethyl adjacent to an activating group) is 1. The van der Waals surface area contributed by atoms with Gasteiger partial charge in [0.05, 0.1) is 14.2 Å². The summed E-state index contributed by atoms with van der Waals surface area (Å²) < 4.78 is 10.8. The van der Waals surface area contributed by atoms with Crippen molar-refractivity contribution in [1.29, 1.82) is 0 Å². The van der Waals surface area contributed by atoms with Crippen LogP contribution in [0.3, 0.4) is 0 Å². The number of ether oxygens (including phenoxy) is 2. The van der Waals surface area contributed by atoms with E-state index in [1.807, 2.05) is 30.0 Å². The molecule has 1 unspecified atom stereocenters. The predicted octanol–water partition coefficient (Wildman–Crippen LogP) is 2.51. The summed E-state index contributed by atoms with van der Waals surface area (Å²) in [5.74, 6) is 1.26. The Kier molecular flexibility index (Phi) is 5.66. The lowest BCUT2D eigenvalue weighted by Gasteiger charge is -2.38. The van der Waals surface area contributed by atoms with Crippen LogP contribution in [0.4, 0.5) is 0 Å². The van der Waals surface area contributed by atoms with Crippen molar-refractivity contribution in [2.75, 3.05) is 40.9 Å². The molecule has 0 saturated carbocycles. The first-order valence-corrected chi connectivity index (χ1v) is 7.90. The molecule has 1 aliphatic rings. The number of benzene rings is 1. The number of hydrogen-bond donors (Lipinski definition) is 0. The van der Waals surface area contributed by atoms with Gasteiger partial charge in [0.2, 0.25) is 0 Å². The zero-order valence-corrected chi connectivity index (χ0v) is 14.6. The SMILES string of the molecule is C/C=C/c1cc(C(=O)N2CCN(C)CC2C)cc(OC)c1OC. The minimum Gasteiger partial charge on any atom is -0.493 e. The highest BCUT2D eigenvalue weighted by atomic mass is 16.5. The van der Waals surface area contributed by atoms with Crippen LogP contribution in [0.5, 0.6) is 11.5 Å². The van der Waals surface area contributed by atoms with E-state index in [1.54, 1.807) is 20.3 Å². The Balaban J connectivity index is 2.38. The van der Waals surface area contributed by atoms with Crippen molar-refractivity contribution < 1.29 is 14.3 Å². The van der Waals surface area contributed by atoms with Gasteiger partial charge in [-0.3, -0.25) is 4.79 Å². The molecule has 0 aliphatic carbocycles. The Bertz CT molecular complexity index is 598. The molecule has 0 radical (unpaired) electrons. The van der Waals surface area contributed by atoms with Gasteiger partial charge >= 0.3 is 0 Å². The first-order chi connectivity index (χ1) is 11.0. The summed E-state index contributed by atoms with van der Waals surface area (Å²) in [5.41, 5.74) is 1.48. The molecule has 5 heteroatoms. The molecule has 1 fully saturated rings. The Morgan fingerprint density at radius 3 is 2.57 bits per heavy atom. The molecule has 1 heterocycles. The number of nitrogens with zero attached hydrogens (tertiary/aromatic N) is 2. The zero-order chi connectivity index (χ0) is 17.0. The number of allylic oxidation sites excluding steroid dienone is 1. The standard InChI is InChI=1S/C18H26N2O3/c1-6-7-14-10-15(11-16(22-4)17(14)23-5)18(21)20-9-8-19(3)12-13(20)2/h6-7,10-11,13H,8-9,12H2,1-5H3/b7-6+. The number of hydrogen-bond acceptors (Lipinski definition) is 4. The van der Waals surface area contributed by atoms with Crippen molar-refractivity contribution in [3.63, 3.8) is 0 Å². The van der Waals surface area contributed by atoms with Crippen molar-refractivity contribution in [3.05, 3.63) is 29.3 Å². The molecule has 5 nitrogen and oxygen atoms in total. The van der Waals surface area contributed by atoms with Gasteiger partial charge < -0.3 is 19.3 Å². The third-order valence-corrected chi connectivity index (χ3v) is 4.19. The van der Waals surface area contributed by atoms with Crippen LogP contribution in [0.1, 0.15) is 29.8 Å². The fourth-order valence-electron chi connectivity index (χ4n) is 3.03. The van der Waals surface area contributed by atoms with E-state index < -0.39 is 0 Å². The summed E-state index contributed by atoms with van der Waals surface area (Å²) in [6, 6.07) is 3.83. The average Bonchev–Trinajstić information content (AvgIpc) is 2.53. The van der Waals surface area contributed by atoms with E-state index >= 15 is 0 Å². The topological polar surface area (TPSA) is 42.0 Å². The zero-order valence-electron chi connectivity index (χ0n) is 14.6. The summed E-state index contributed by atoms with van der Waals surface area (Å²) in [7, 11) is 5.28. The minimum atomic E-state index is 0.0392. The number of methoxy groups -OCH3 is 2. The van der Waals surface area contributed by atoms with Gasteiger partial charge in [-0.2, -0.15) is 0 Å². The Labute approximate surface area is 138 Å². The lowest BCUT2D eigenvalue weighted by atomic mass is 10.0. The molecular formula is C18H26N2O3. The van der Waals surface area contributed by atoms with Crippen LogP contribution in [0.15, 0.2) is 18.2 Å². The molecule has 2 rings (SSSR count). The Morgan fingerprint density at radius 2 is 2.00 bits per heavy atom. The minimum absolute atomic E-state index is 0.0392. The molecular weight excluding hydrogens is 292 g/mol. The van der Waals surface area contributed by atoms with Crippen LogP contribution in [0.25, 0.3) is 6.08 Å². The molecule has 1 atom stereocenters. The van der Waals surface area contributed by atoms with E-state index in [0.29, 0.717) is 17.1 Å². The highest BCUT2D eigenvalue weighted by Gasteiger charge is 2.27. The second-order valence-corrected chi connectivity index (χ2v) is 5.91.